The van der Waals surface area contributed by atoms with Gasteiger partial charge in [-0.05, 0) is 36.2 Å². The van der Waals surface area contributed by atoms with Crippen LogP contribution < -0.4 is 10.1 Å². The number of nitrogens with one attached hydrogen (secondary N) is 1. The fourth-order valence-corrected chi connectivity index (χ4v) is 2.88. The Morgan fingerprint density at radius 2 is 1.82 bits per heavy atom. The lowest BCUT2D eigenvalue weighted by atomic mass is 10.1. The number of amides is 1. The summed E-state index contributed by atoms with van der Waals surface area (Å²) in [6, 6.07) is 17.7. The molecule has 0 saturated heterocycles. The molecule has 0 fully saturated rings. The molecule has 0 atom stereocenters. The van der Waals surface area contributed by atoms with Crippen LogP contribution in [-0.2, 0) is 6.61 Å². The average Bonchev–Trinajstić information content (AvgIpc) is 3.23. The minimum Gasteiger partial charge on any atom is -0.489 e. The Kier molecular flexibility index (Phi) is 7.24. The lowest BCUT2D eigenvalue weighted by Crippen LogP contribution is -2.28. The maximum Gasteiger partial charge on any atom is 0.326 e. The number of hydrogen-bond acceptors (Lipinski definition) is 3. The molecule has 0 aliphatic rings. The molecule has 146 valence electrons. The third-order valence-electron chi connectivity index (χ3n) is 4.52. The monoisotopic (exact) mass is 377 g/mol. The van der Waals surface area contributed by atoms with Crippen LogP contribution in [-0.4, -0.2) is 22.1 Å². The van der Waals surface area contributed by atoms with E-state index >= 15 is 0 Å². The molecule has 1 aromatic heterocycles. The van der Waals surface area contributed by atoms with Crippen LogP contribution in [0.25, 0.3) is 11.3 Å². The summed E-state index contributed by atoms with van der Waals surface area (Å²) in [7, 11) is 0. The van der Waals surface area contributed by atoms with Crippen molar-refractivity contribution in [2.75, 3.05) is 6.54 Å². The molecule has 1 heterocycles. The van der Waals surface area contributed by atoms with Crippen LogP contribution in [0.1, 0.15) is 38.2 Å². The van der Waals surface area contributed by atoms with E-state index in [4.69, 9.17) is 4.74 Å². The summed E-state index contributed by atoms with van der Waals surface area (Å²) < 4.78 is 7.30. The van der Waals surface area contributed by atoms with E-state index in [0.29, 0.717) is 13.2 Å². The fourth-order valence-electron chi connectivity index (χ4n) is 2.88. The van der Waals surface area contributed by atoms with Crippen LogP contribution >= 0.6 is 0 Å². The Balaban J connectivity index is 1.52. The number of benzene rings is 2. The van der Waals surface area contributed by atoms with Gasteiger partial charge in [0.15, 0.2) is 0 Å². The van der Waals surface area contributed by atoms with Gasteiger partial charge >= 0.3 is 6.03 Å². The summed E-state index contributed by atoms with van der Waals surface area (Å²) in [5.74, 6) is 0.803. The van der Waals surface area contributed by atoms with Gasteiger partial charge in [-0.25, -0.2) is 9.78 Å². The molecular weight excluding hydrogens is 350 g/mol. The van der Waals surface area contributed by atoms with E-state index in [-0.39, 0.29) is 6.03 Å². The minimum absolute atomic E-state index is 0.141. The lowest BCUT2D eigenvalue weighted by molar-refractivity contribution is 0.242. The van der Waals surface area contributed by atoms with Gasteiger partial charge in [-0.1, -0.05) is 56.5 Å². The van der Waals surface area contributed by atoms with Gasteiger partial charge in [0.25, 0.3) is 0 Å². The van der Waals surface area contributed by atoms with Crippen molar-refractivity contribution < 1.29 is 9.53 Å². The average molecular weight is 377 g/mol. The molecule has 0 aliphatic heterocycles. The Bertz CT molecular complexity index is 857. The molecule has 28 heavy (non-hydrogen) atoms. The van der Waals surface area contributed by atoms with Crippen LogP contribution in [0, 0.1) is 0 Å². The Hall–Kier alpha value is -3.08. The van der Waals surface area contributed by atoms with E-state index in [1.807, 2.05) is 54.6 Å². The third kappa shape index (κ3) is 5.71. The van der Waals surface area contributed by atoms with E-state index < -0.39 is 0 Å². The largest absolute Gasteiger partial charge is 0.489 e. The fraction of sp³-hybridized carbons (Fsp3) is 0.304. The predicted octanol–water partition coefficient (Wildman–Crippen LogP) is 5.27. The van der Waals surface area contributed by atoms with Crippen LogP contribution in [0.15, 0.2) is 67.1 Å². The normalized spacial score (nSPS) is 10.6. The van der Waals surface area contributed by atoms with Gasteiger partial charge in [-0.3, -0.25) is 4.57 Å². The first-order valence-electron chi connectivity index (χ1n) is 9.85. The first-order chi connectivity index (χ1) is 13.8. The van der Waals surface area contributed by atoms with Crippen molar-refractivity contribution in [3.63, 3.8) is 0 Å². The van der Waals surface area contributed by atoms with Crippen LogP contribution in [0.3, 0.4) is 0 Å². The topological polar surface area (TPSA) is 56.2 Å². The second-order valence-corrected chi connectivity index (χ2v) is 6.76. The van der Waals surface area contributed by atoms with Crippen molar-refractivity contribution in [1.82, 2.24) is 14.9 Å². The number of aromatic nitrogens is 2. The van der Waals surface area contributed by atoms with Crippen LogP contribution in [0.2, 0.25) is 0 Å². The molecule has 1 N–H and O–H groups in total. The number of nitrogens with zero attached hydrogens (tertiary/aromatic N) is 2. The zero-order valence-corrected chi connectivity index (χ0v) is 16.3. The number of hydrogen-bond donors (Lipinski definition) is 1. The van der Waals surface area contributed by atoms with Crippen LogP contribution in [0.4, 0.5) is 4.79 Å². The predicted molar refractivity (Wildman–Crippen MR) is 111 cm³/mol. The molecule has 0 unspecified atom stereocenters. The summed E-state index contributed by atoms with van der Waals surface area (Å²) in [5, 5.41) is 2.93. The van der Waals surface area contributed by atoms with Crippen molar-refractivity contribution in [2.45, 2.75) is 39.2 Å². The SMILES string of the molecule is CCCCCCNC(=O)n1cnc(-c2ccc(OCc3ccccc3)cc2)c1. The molecule has 5 nitrogen and oxygen atoms in total. The number of carbonyl (C=O) groups excluding carboxylic acids is 1. The second kappa shape index (κ2) is 10.3. The molecule has 0 bridgehead atoms. The minimum atomic E-state index is -0.141. The summed E-state index contributed by atoms with van der Waals surface area (Å²) in [6.45, 7) is 3.40. The van der Waals surface area contributed by atoms with E-state index in [2.05, 4.69) is 17.2 Å². The number of carbonyl (C=O) groups is 1. The maximum absolute atomic E-state index is 12.2. The molecule has 2 aromatic carbocycles. The highest BCUT2D eigenvalue weighted by atomic mass is 16.5. The van der Waals surface area contributed by atoms with Crippen LogP contribution in [0.5, 0.6) is 5.75 Å². The molecule has 1 amide bonds. The number of unbranched alkanes of at least 4 members (excludes halogenated alkanes) is 3. The summed E-state index contributed by atoms with van der Waals surface area (Å²) in [5.41, 5.74) is 2.84. The van der Waals surface area contributed by atoms with Gasteiger partial charge in [0.1, 0.15) is 18.7 Å². The van der Waals surface area contributed by atoms with E-state index in [1.54, 1.807) is 12.5 Å². The van der Waals surface area contributed by atoms with E-state index in [0.717, 1.165) is 35.4 Å². The number of ether oxygens (including phenoxy) is 1. The zero-order chi connectivity index (χ0) is 19.6. The molecule has 0 saturated carbocycles. The molecule has 0 spiro atoms. The van der Waals surface area contributed by atoms with Crippen molar-refractivity contribution in [2.24, 2.45) is 0 Å². The van der Waals surface area contributed by atoms with Crippen molar-refractivity contribution in [1.29, 1.82) is 0 Å². The van der Waals surface area contributed by atoms with Crippen molar-refractivity contribution in [3.8, 4) is 17.0 Å². The number of imidazole rings is 1. The highest BCUT2D eigenvalue weighted by molar-refractivity contribution is 5.77. The molecule has 0 aliphatic carbocycles. The van der Waals surface area contributed by atoms with E-state index in [9.17, 15) is 4.79 Å². The van der Waals surface area contributed by atoms with Crippen molar-refractivity contribution >= 4 is 6.03 Å². The molecule has 5 heteroatoms. The van der Waals surface area contributed by atoms with Gasteiger partial charge in [-0.2, -0.15) is 0 Å². The van der Waals surface area contributed by atoms with Gasteiger partial charge < -0.3 is 10.1 Å². The summed E-state index contributed by atoms with van der Waals surface area (Å²) in [6.07, 6.45) is 7.85. The zero-order valence-electron chi connectivity index (χ0n) is 16.3. The Morgan fingerprint density at radius 1 is 1.04 bits per heavy atom. The second-order valence-electron chi connectivity index (χ2n) is 6.76. The Labute approximate surface area is 166 Å². The van der Waals surface area contributed by atoms with Crippen molar-refractivity contribution in [3.05, 3.63) is 72.7 Å². The van der Waals surface area contributed by atoms with Gasteiger partial charge in [0, 0.05) is 18.3 Å². The number of rotatable bonds is 9. The molecule has 3 rings (SSSR count). The maximum atomic E-state index is 12.2. The third-order valence-corrected chi connectivity index (χ3v) is 4.52. The molecular formula is C23H27N3O2. The lowest BCUT2D eigenvalue weighted by Gasteiger charge is -2.07. The highest BCUT2D eigenvalue weighted by Crippen LogP contribution is 2.21. The highest BCUT2D eigenvalue weighted by Gasteiger charge is 2.08. The summed E-state index contributed by atoms with van der Waals surface area (Å²) in [4.78, 5) is 16.5. The molecule has 0 radical (unpaired) electrons. The van der Waals surface area contributed by atoms with Gasteiger partial charge in [0.05, 0.1) is 5.69 Å². The standard InChI is InChI=1S/C23H27N3O2/c1-2-3-4-8-15-24-23(27)26-16-22(25-18-26)20-11-13-21(14-12-20)28-17-19-9-6-5-7-10-19/h5-7,9-14,16,18H,2-4,8,15,17H2,1H3,(H,24,27). The van der Waals surface area contributed by atoms with E-state index in [1.165, 1.54) is 17.4 Å². The van der Waals surface area contributed by atoms with Gasteiger partial charge in [-0.15, -0.1) is 0 Å². The molecule has 3 aromatic rings. The smallest absolute Gasteiger partial charge is 0.326 e. The Morgan fingerprint density at radius 3 is 2.57 bits per heavy atom. The quantitative estimate of drug-likeness (QED) is 0.517. The van der Waals surface area contributed by atoms with Gasteiger partial charge in [0.2, 0.25) is 0 Å². The first-order valence-corrected chi connectivity index (χ1v) is 9.85. The first kappa shape index (κ1) is 19.7. The summed E-state index contributed by atoms with van der Waals surface area (Å²) >= 11 is 0.